The molecule has 0 aromatic heterocycles. The average Bonchev–Trinajstić information content (AvgIpc) is 3.22. The number of aliphatic hydroxyl groups is 2. The van der Waals surface area contributed by atoms with E-state index in [1.165, 1.54) is 25.7 Å². The number of aliphatic hydroxyl groups excluding tert-OH is 2. The molecule has 0 spiro atoms. The molecule has 1 aromatic rings. The fraction of sp³-hybridized carbons (Fsp3) is 0.788. The molecule has 0 radical (unpaired) electrons. The molecule has 0 heterocycles. The molecule has 4 aliphatic carbocycles. The number of hydrogen-bond donors (Lipinski definition) is 3. The van der Waals surface area contributed by atoms with Gasteiger partial charge in [-0.25, -0.2) is 4.79 Å². The van der Waals surface area contributed by atoms with Gasteiger partial charge in [0, 0.05) is 0 Å². The van der Waals surface area contributed by atoms with Crippen molar-refractivity contribution in [3.8, 4) is 0 Å². The molecular formula is C33H50O4. The van der Waals surface area contributed by atoms with Crippen molar-refractivity contribution in [1.29, 1.82) is 0 Å². The van der Waals surface area contributed by atoms with Crippen molar-refractivity contribution < 1.29 is 20.1 Å². The highest BCUT2D eigenvalue weighted by molar-refractivity contribution is 5.89. The predicted molar refractivity (Wildman–Crippen MR) is 147 cm³/mol. The van der Waals surface area contributed by atoms with Crippen molar-refractivity contribution in [2.24, 2.45) is 52.3 Å². The molecule has 0 bridgehead atoms. The first kappa shape index (κ1) is 27.2. The minimum absolute atomic E-state index is 0.191. The van der Waals surface area contributed by atoms with Crippen LogP contribution in [0.1, 0.15) is 108 Å². The summed E-state index contributed by atoms with van der Waals surface area (Å²) in [6.45, 7) is 9.75. The minimum Gasteiger partial charge on any atom is -0.478 e. The zero-order valence-electron chi connectivity index (χ0n) is 23.5. The van der Waals surface area contributed by atoms with Gasteiger partial charge in [0.1, 0.15) is 0 Å². The first-order valence-corrected chi connectivity index (χ1v) is 15.3. The van der Waals surface area contributed by atoms with E-state index in [1.807, 2.05) is 18.2 Å². The summed E-state index contributed by atoms with van der Waals surface area (Å²) >= 11 is 0. The van der Waals surface area contributed by atoms with E-state index in [1.54, 1.807) is 6.07 Å². The Labute approximate surface area is 224 Å². The number of hydrogen-bond acceptors (Lipinski definition) is 3. The smallest absolute Gasteiger partial charge is 0.335 e. The topological polar surface area (TPSA) is 77.8 Å². The van der Waals surface area contributed by atoms with Gasteiger partial charge in [-0.1, -0.05) is 58.7 Å². The summed E-state index contributed by atoms with van der Waals surface area (Å²) in [6, 6.07) is 7.45. The average molecular weight is 511 g/mol. The van der Waals surface area contributed by atoms with Crippen molar-refractivity contribution in [3.63, 3.8) is 0 Å². The summed E-state index contributed by atoms with van der Waals surface area (Å²) in [7, 11) is 0. The van der Waals surface area contributed by atoms with Gasteiger partial charge in [0.15, 0.2) is 0 Å². The highest BCUT2D eigenvalue weighted by Crippen LogP contribution is 2.69. The molecule has 0 saturated heterocycles. The number of fused-ring (bicyclic) bond motifs is 5. The Morgan fingerprint density at radius 2 is 1.70 bits per heavy atom. The maximum absolute atomic E-state index is 11.9. The maximum atomic E-state index is 11.9. The number of benzene rings is 1. The second kappa shape index (κ2) is 10.3. The molecule has 11 atom stereocenters. The third-order valence-electron chi connectivity index (χ3n) is 12.5. The Hall–Kier alpha value is -1.39. The maximum Gasteiger partial charge on any atom is 0.335 e. The van der Waals surface area contributed by atoms with Gasteiger partial charge in [0.25, 0.3) is 0 Å². The van der Waals surface area contributed by atoms with Crippen molar-refractivity contribution in [1.82, 2.24) is 0 Å². The summed E-state index contributed by atoms with van der Waals surface area (Å²) in [6.07, 6.45) is 11.5. The zero-order valence-corrected chi connectivity index (χ0v) is 23.5. The Bertz CT molecular complexity index is 975. The molecule has 5 rings (SSSR count). The van der Waals surface area contributed by atoms with Crippen molar-refractivity contribution in [2.45, 2.75) is 111 Å². The monoisotopic (exact) mass is 510 g/mol. The van der Waals surface area contributed by atoms with E-state index in [4.69, 9.17) is 0 Å². The van der Waals surface area contributed by atoms with E-state index in [9.17, 15) is 20.1 Å². The van der Waals surface area contributed by atoms with Crippen LogP contribution in [0.15, 0.2) is 24.3 Å². The number of carbonyl (C=O) groups is 1. The standard InChI is InChI=1S/C33H50O4/c1-5-23-28-19-22(34)15-17-33(28,4)27-16-18-32(3)25(13-14-26(32)29(27)30(23)35)20(2)9-8-11-21-10-6-7-12-24(21)31(36)37/h6-7,10,12,20,22-23,25-30,34-35H,5,8-9,11,13-19H2,1-4H3,(H,36,37)/t20-,22-,23-,25-,26?,27?,28+,29?,30?,32-,33-/m1/s1. The first-order chi connectivity index (χ1) is 17.6. The molecule has 4 heteroatoms. The van der Waals surface area contributed by atoms with Gasteiger partial charge in [-0.3, -0.25) is 0 Å². The highest BCUT2D eigenvalue weighted by atomic mass is 16.4. The Balaban J connectivity index is 1.30. The number of carboxylic acid groups (broad SMARTS) is 1. The van der Waals surface area contributed by atoms with Gasteiger partial charge in [0.2, 0.25) is 0 Å². The van der Waals surface area contributed by atoms with E-state index in [0.717, 1.165) is 50.5 Å². The van der Waals surface area contributed by atoms with Gasteiger partial charge in [-0.2, -0.15) is 0 Å². The van der Waals surface area contributed by atoms with Crippen LogP contribution in [-0.4, -0.2) is 33.5 Å². The van der Waals surface area contributed by atoms with Crippen LogP contribution in [0.5, 0.6) is 0 Å². The Morgan fingerprint density at radius 1 is 1.00 bits per heavy atom. The summed E-state index contributed by atoms with van der Waals surface area (Å²) in [5.41, 5.74) is 1.94. The Kier molecular flexibility index (Phi) is 7.57. The first-order valence-electron chi connectivity index (χ1n) is 15.3. The van der Waals surface area contributed by atoms with Gasteiger partial charge in [0.05, 0.1) is 17.8 Å². The number of rotatable bonds is 7. The van der Waals surface area contributed by atoms with Crippen LogP contribution < -0.4 is 0 Å². The van der Waals surface area contributed by atoms with E-state index >= 15 is 0 Å². The van der Waals surface area contributed by atoms with Crippen LogP contribution in [-0.2, 0) is 6.42 Å². The third-order valence-corrected chi connectivity index (χ3v) is 12.5. The van der Waals surface area contributed by atoms with Crippen LogP contribution >= 0.6 is 0 Å². The second-order valence-corrected chi connectivity index (χ2v) is 14.0. The molecule has 4 saturated carbocycles. The molecule has 206 valence electrons. The SMILES string of the molecule is CC[C@H]1C(O)C2C3CC[C@H]([C@H](C)CCCc4ccccc4C(=O)O)[C@@]3(C)CCC2[C@@]2(C)CC[C@@H](O)C[C@@H]12. The van der Waals surface area contributed by atoms with Crippen LogP contribution in [0.2, 0.25) is 0 Å². The normalized spacial score (nSPS) is 43.9. The van der Waals surface area contributed by atoms with Crippen LogP contribution in [0.3, 0.4) is 0 Å². The molecule has 4 unspecified atom stereocenters. The van der Waals surface area contributed by atoms with Gasteiger partial charge < -0.3 is 15.3 Å². The van der Waals surface area contributed by atoms with Crippen molar-refractivity contribution in [3.05, 3.63) is 35.4 Å². The zero-order chi connectivity index (χ0) is 26.5. The van der Waals surface area contributed by atoms with Gasteiger partial charge in [-0.15, -0.1) is 0 Å². The molecule has 3 N–H and O–H groups in total. The third kappa shape index (κ3) is 4.48. The summed E-state index contributed by atoms with van der Waals surface area (Å²) < 4.78 is 0. The molecule has 4 nitrogen and oxygen atoms in total. The number of carboxylic acids is 1. The molecule has 4 fully saturated rings. The van der Waals surface area contributed by atoms with E-state index in [0.29, 0.717) is 47.0 Å². The lowest BCUT2D eigenvalue weighted by Gasteiger charge is -2.64. The predicted octanol–water partition coefficient (Wildman–Crippen LogP) is 6.97. The Morgan fingerprint density at radius 3 is 2.43 bits per heavy atom. The lowest BCUT2D eigenvalue weighted by Crippen LogP contribution is -2.62. The van der Waals surface area contributed by atoms with Gasteiger partial charge >= 0.3 is 5.97 Å². The number of aryl methyl sites for hydroxylation is 1. The van der Waals surface area contributed by atoms with Crippen LogP contribution in [0, 0.1) is 52.3 Å². The fourth-order valence-electron chi connectivity index (χ4n) is 10.7. The van der Waals surface area contributed by atoms with E-state index in [-0.39, 0.29) is 23.0 Å². The van der Waals surface area contributed by atoms with Gasteiger partial charge in [-0.05, 0) is 122 Å². The molecule has 0 aliphatic heterocycles. The highest BCUT2D eigenvalue weighted by Gasteiger charge is 2.64. The van der Waals surface area contributed by atoms with Crippen LogP contribution in [0.4, 0.5) is 0 Å². The quantitative estimate of drug-likeness (QED) is 0.370. The lowest BCUT2D eigenvalue weighted by molar-refractivity contribution is -0.203. The minimum atomic E-state index is -0.827. The van der Waals surface area contributed by atoms with Crippen LogP contribution in [0.25, 0.3) is 0 Å². The molecule has 1 aromatic carbocycles. The molecule has 37 heavy (non-hydrogen) atoms. The number of aromatic carboxylic acids is 1. The lowest BCUT2D eigenvalue weighted by atomic mass is 9.41. The fourth-order valence-corrected chi connectivity index (χ4v) is 10.7. The molecular weight excluding hydrogens is 460 g/mol. The van der Waals surface area contributed by atoms with E-state index < -0.39 is 5.97 Å². The van der Waals surface area contributed by atoms with Crippen molar-refractivity contribution in [2.75, 3.05) is 0 Å². The molecule has 0 amide bonds. The van der Waals surface area contributed by atoms with E-state index in [2.05, 4.69) is 27.7 Å². The second-order valence-electron chi connectivity index (χ2n) is 14.0. The van der Waals surface area contributed by atoms with Crippen molar-refractivity contribution >= 4 is 5.97 Å². The summed E-state index contributed by atoms with van der Waals surface area (Å²) in [5.74, 6) is 2.81. The largest absolute Gasteiger partial charge is 0.478 e. The summed E-state index contributed by atoms with van der Waals surface area (Å²) in [5, 5.41) is 32.0. The summed E-state index contributed by atoms with van der Waals surface area (Å²) in [4.78, 5) is 11.6. The molecule has 4 aliphatic rings.